The normalized spacial score (nSPS) is 11.6. The molecule has 0 bridgehead atoms. The summed E-state index contributed by atoms with van der Waals surface area (Å²) in [6.07, 6.45) is 0. The van der Waals surface area contributed by atoms with Crippen LogP contribution < -0.4 is 15.4 Å². The van der Waals surface area contributed by atoms with E-state index in [1.165, 1.54) is 7.11 Å². The Kier molecular flexibility index (Phi) is 3.83. The summed E-state index contributed by atoms with van der Waals surface area (Å²) < 4.78 is 4.88. The number of ether oxygens (including phenoxy) is 1. The third kappa shape index (κ3) is 2.95. The maximum absolute atomic E-state index is 8.71. The second-order valence-electron chi connectivity index (χ2n) is 3.39. The van der Waals surface area contributed by atoms with E-state index in [2.05, 4.69) is 21.0 Å². The summed E-state index contributed by atoms with van der Waals surface area (Å²) in [7, 11) is 3.23. The quantitative estimate of drug-likeness (QED) is 0.768. The summed E-state index contributed by atoms with van der Waals surface area (Å²) in [6, 6.07) is 2.30. The number of nitrogens with zero attached hydrogens (tertiary/aromatic N) is 5. The number of nitrogens with two attached hydrogens (primary N) is 1. The molecule has 1 heterocycles. The Labute approximate surface area is 93.9 Å². The van der Waals surface area contributed by atoms with Crippen molar-refractivity contribution >= 4 is 11.9 Å². The van der Waals surface area contributed by atoms with Gasteiger partial charge in [-0.2, -0.15) is 20.2 Å². The summed E-state index contributed by atoms with van der Waals surface area (Å²) in [5.74, 6) is 0.374. The molecule has 0 radical (unpaired) electrons. The van der Waals surface area contributed by atoms with Crippen LogP contribution in [0.2, 0.25) is 0 Å². The molecule has 7 nitrogen and oxygen atoms in total. The molecule has 7 heteroatoms. The minimum absolute atomic E-state index is 0.0957. The molecule has 0 aliphatic carbocycles. The van der Waals surface area contributed by atoms with Crippen molar-refractivity contribution in [2.75, 3.05) is 31.3 Å². The van der Waals surface area contributed by atoms with E-state index in [4.69, 9.17) is 15.7 Å². The van der Waals surface area contributed by atoms with Gasteiger partial charge in [-0.05, 0) is 6.92 Å². The van der Waals surface area contributed by atoms with Crippen molar-refractivity contribution in [3.63, 3.8) is 0 Å². The molecule has 1 aromatic rings. The van der Waals surface area contributed by atoms with E-state index >= 15 is 0 Å². The van der Waals surface area contributed by atoms with E-state index in [0.29, 0.717) is 12.5 Å². The lowest BCUT2D eigenvalue weighted by Gasteiger charge is -2.18. The van der Waals surface area contributed by atoms with Gasteiger partial charge in [0, 0.05) is 13.6 Å². The van der Waals surface area contributed by atoms with Crippen molar-refractivity contribution in [3.05, 3.63) is 0 Å². The van der Waals surface area contributed by atoms with Gasteiger partial charge in [0.25, 0.3) is 0 Å². The Balaban J connectivity index is 2.87. The lowest BCUT2D eigenvalue weighted by molar-refractivity contribution is 0.379. The maximum Gasteiger partial charge on any atom is 0.322 e. The third-order valence-electron chi connectivity index (χ3n) is 1.91. The third-order valence-corrected chi connectivity index (χ3v) is 1.91. The second kappa shape index (κ2) is 5.11. The number of hydrogen-bond donors (Lipinski definition) is 1. The molecule has 0 aliphatic heterocycles. The van der Waals surface area contributed by atoms with Crippen LogP contribution >= 0.6 is 0 Å². The van der Waals surface area contributed by atoms with E-state index in [0.717, 1.165) is 0 Å². The van der Waals surface area contributed by atoms with Crippen molar-refractivity contribution in [2.24, 2.45) is 5.92 Å². The number of nitriles is 1. The minimum Gasteiger partial charge on any atom is -0.467 e. The lowest BCUT2D eigenvalue weighted by atomic mass is 10.2. The highest BCUT2D eigenvalue weighted by molar-refractivity contribution is 5.35. The number of rotatable bonds is 4. The molecule has 0 saturated carbocycles. The Bertz CT molecular complexity index is 401. The van der Waals surface area contributed by atoms with Crippen molar-refractivity contribution in [1.29, 1.82) is 5.26 Å². The fourth-order valence-corrected chi connectivity index (χ4v) is 1.16. The average Bonchev–Trinajstić information content (AvgIpc) is 2.27. The first-order valence-electron chi connectivity index (χ1n) is 4.73. The Morgan fingerprint density at radius 2 is 2.19 bits per heavy atom. The van der Waals surface area contributed by atoms with E-state index in [1.54, 1.807) is 11.9 Å². The van der Waals surface area contributed by atoms with Crippen LogP contribution in [0.15, 0.2) is 0 Å². The monoisotopic (exact) mass is 222 g/mol. The van der Waals surface area contributed by atoms with Crippen LogP contribution in [0.5, 0.6) is 6.01 Å². The summed E-state index contributed by atoms with van der Waals surface area (Å²) in [6.45, 7) is 2.33. The van der Waals surface area contributed by atoms with Crippen molar-refractivity contribution in [2.45, 2.75) is 6.92 Å². The van der Waals surface area contributed by atoms with E-state index in [1.807, 2.05) is 6.92 Å². The van der Waals surface area contributed by atoms with Crippen LogP contribution in [-0.2, 0) is 0 Å². The Morgan fingerprint density at radius 3 is 2.75 bits per heavy atom. The second-order valence-corrected chi connectivity index (χ2v) is 3.39. The predicted octanol–water partition coefficient (Wildman–Crippen LogP) is 0.0583. The van der Waals surface area contributed by atoms with Gasteiger partial charge in [0.05, 0.1) is 19.1 Å². The number of anilines is 2. The zero-order valence-electron chi connectivity index (χ0n) is 9.51. The van der Waals surface area contributed by atoms with E-state index in [9.17, 15) is 0 Å². The zero-order valence-corrected chi connectivity index (χ0v) is 9.51. The smallest absolute Gasteiger partial charge is 0.322 e. The molecule has 0 amide bonds. The largest absolute Gasteiger partial charge is 0.467 e. The highest BCUT2D eigenvalue weighted by atomic mass is 16.5. The van der Waals surface area contributed by atoms with E-state index < -0.39 is 0 Å². The summed E-state index contributed by atoms with van der Waals surface area (Å²) in [5, 5.41) is 8.71. The molecule has 16 heavy (non-hydrogen) atoms. The standard InChI is InChI=1S/C9H14N6O/c1-6(4-10)5-15(2)8-12-7(11)13-9(14-8)16-3/h6H,5H2,1-3H3,(H2,11,12,13,14). The van der Waals surface area contributed by atoms with Gasteiger partial charge in [0.2, 0.25) is 11.9 Å². The van der Waals surface area contributed by atoms with Crippen molar-refractivity contribution < 1.29 is 4.74 Å². The van der Waals surface area contributed by atoms with Crippen LogP contribution in [0.3, 0.4) is 0 Å². The fraction of sp³-hybridized carbons (Fsp3) is 0.556. The van der Waals surface area contributed by atoms with Gasteiger partial charge in [0.1, 0.15) is 0 Å². The van der Waals surface area contributed by atoms with Crippen molar-refractivity contribution in [1.82, 2.24) is 15.0 Å². The topological polar surface area (TPSA) is 101 Å². The summed E-state index contributed by atoms with van der Waals surface area (Å²) in [4.78, 5) is 13.5. The van der Waals surface area contributed by atoms with Gasteiger partial charge in [0.15, 0.2) is 0 Å². The molecule has 1 aromatic heterocycles. The Morgan fingerprint density at radius 1 is 1.50 bits per heavy atom. The first-order valence-corrected chi connectivity index (χ1v) is 4.73. The van der Waals surface area contributed by atoms with Crippen LogP contribution in [0.1, 0.15) is 6.92 Å². The molecule has 0 spiro atoms. The van der Waals surface area contributed by atoms with Crippen LogP contribution in [0.25, 0.3) is 0 Å². The highest BCUT2D eigenvalue weighted by Crippen LogP contribution is 2.12. The van der Waals surface area contributed by atoms with Crippen LogP contribution in [-0.4, -0.2) is 35.7 Å². The Hall–Kier alpha value is -2.10. The number of methoxy groups -OCH3 is 1. The number of nitrogen functional groups attached to an aromatic ring is 1. The highest BCUT2D eigenvalue weighted by Gasteiger charge is 2.11. The molecule has 2 N–H and O–H groups in total. The van der Waals surface area contributed by atoms with Gasteiger partial charge >= 0.3 is 6.01 Å². The molecule has 0 saturated heterocycles. The zero-order chi connectivity index (χ0) is 12.1. The molecule has 0 aromatic carbocycles. The van der Waals surface area contributed by atoms with Gasteiger partial charge in [-0.3, -0.25) is 0 Å². The van der Waals surface area contributed by atoms with E-state index in [-0.39, 0.29) is 17.9 Å². The maximum atomic E-state index is 8.71. The summed E-state index contributed by atoms with van der Waals surface area (Å²) in [5.41, 5.74) is 5.50. The number of hydrogen-bond acceptors (Lipinski definition) is 7. The molecule has 1 atom stereocenters. The van der Waals surface area contributed by atoms with Gasteiger partial charge in [-0.1, -0.05) is 0 Å². The average molecular weight is 222 g/mol. The molecule has 0 fully saturated rings. The molecule has 0 aliphatic rings. The van der Waals surface area contributed by atoms with Gasteiger partial charge in [-0.25, -0.2) is 0 Å². The molecular weight excluding hydrogens is 208 g/mol. The summed E-state index contributed by atoms with van der Waals surface area (Å²) >= 11 is 0. The molecule has 86 valence electrons. The minimum atomic E-state index is -0.117. The van der Waals surface area contributed by atoms with Crippen molar-refractivity contribution in [3.8, 4) is 12.1 Å². The SMILES string of the molecule is COc1nc(N)nc(N(C)CC(C)C#N)n1. The molecular formula is C9H14N6O. The molecule has 1 unspecified atom stereocenters. The predicted molar refractivity (Wildman–Crippen MR) is 58.8 cm³/mol. The first kappa shape index (κ1) is 12.0. The lowest BCUT2D eigenvalue weighted by Crippen LogP contribution is -2.25. The van der Waals surface area contributed by atoms with Gasteiger partial charge in [-0.15, -0.1) is 0 Å². The van der Waals surface area contributed by atoms with Crippen LogP contribution in [0, 0.1) is 17.2 Å². The fourth-order valence-electron chi connectivity index (χ4n) is 1.16. The first-order chi connectivity index (χ1) is 7.56. The molecule has 1 rings (SSSR count). The van der Waals surface area contributed by atoms with Crippen LogP contribution in [0.4, 0.5) is 11.9 Å². The van der Waals surface area contributed by atoms with Gasteiger partial charge < -0.3 is 15.4 Å². The number of aromatic nitrogens is 3.